The number of ether oxygens (including phenoxy) is 2. The lowest BCUT2D eigenvalue weighted by Gasteiger charge is -2.23. The van der Waals surface area contributed by atoms with Crippen molar-refractivity contribution < 1.29 is 17.9 Å². The second-order valence-electron chi connectivity index (χ2n) is 5.64. The Hall–Kier alpha value is -0.570. The van der Waals surface area contributed by atoms with E-state index in [2.05, 4.69) is 10.0 Å². The molecule has 0 aromatic heterocycles. The minimum absolute atomic E-state index is 0. The van der Waals surface area contributed by atoms with Gasteiger partial charge in [-0.05, 0) is 44.0 Å². The van der Waals surface area contributed by atoms with E-state index in [9.17, 15) is 8.42 Å². The van der Waals surface area contributed by atoms with E-state index in [0.29, 0.717) is 30.5 Å². The van der Waals surface area contributed by atoms with Crippen LogP contribution in [0.3, 0.4) is 0 Å². The lowest BCUT2D eigenvalue weighted by molar-refractivity contribution is -0.0116. The van der Waals surface area contributed by atoms with Crippen LogP contribution in [0.2, 0.25) is 5.02 Å². The fourth-order valence-corrected chi connectivity index (χ4v) is 3.90. The van der Waals surface area contributed by atoms with E-state index in [0.717, 1.165) is 32.4 Å². The molecule has 1 atom stereocenters. The fraction of sp³-hybridized carbons (Fsp3) is 0.625. The van der Waals surface area contributed by atoms with Crippen molar-refractivity contribution in [2.75, 3.05) is 32.8 Å². The van der Waals surface area contributed by atoms with Crippen LogP contribution in [-0.4, -0.2) is 47.4 Å². The number of nitrogens with one attached hydrogen (secondary N) is 2. The van der Waals surface area contributed by atoms with Gasteiger partial charge in [-0.2, -0.15) is 0 Å². The topological polar surface area (TPSA) is 76.7 Å². The number of rotatable bonds is 9. The number of sulfonamides is 1. The first-order valence-electron chi connectivity index (χ1n) is 8.27. The molecule has 25 heavy (non-hydrogen) atoms. The SMILES string of the molecule is CCNCCNS(=O)(=O)c1cc(Cl)ccc1OCC1CCCCO1.Cl. The summed E-state index contributed by atoms with van der Waals surface area (Å²) >= 11 is 5.97. The molecule has 2 rings (SSSR count). The number of halogens is 2. The van der Waals surface area contributed by atoms with Crippen LogP contribution in [0.4, 0.5) is 0 Å². The Morgan fingerprint density at radius 3 is 2.80 bits per heavy atom. The normalized spacial score (nSPS) is 17.8. The Kier molecular flexibility index (Phi) is 10.1. The van der Waals surface area contributed by atoms with Crippen LogP contribution >= 0.6 is 24.0 Å². The van der Waals surface area contributed by atoms with Crippen LogP contribution < -0.4 is 14.8 Å². The molecule has 1 aliphatic rings. The minimum atomic E-state index is -3.69. The highest BCUT2D eigenvalue weighted by Crippen LogP contribution is 2.28. The molecule has 0 aliphatic carbocycles. The van der Waals surface area contributed by atoms with Gasteiger partial charge in [0.1, 0.15) is 17.3 Å². The van der Waals surface area contributed by atoms with Gasteiger partial charge in [-0.25, -0.2) is 13.1 Å². The van der Waals surface area contributed by atoms with Crippen molar-refractivity contribution in [1.82, 2.24) is 10.0 Å². The first-order valence-corrected chi connectivity index (χ1v) is 10.1. The Morgan fingerprint density at radius 1 is 1.32 bits per heavy atom. The van der Waals surface area contributed by atoms with Gasteiger partial charge in [0.2, 0.25) is 10.0 Å². The van der Waals surface area contributed by atoms with E-state index in [1.807, 2.05) is 6.92 Å². The molecular weight excluding hydrogens is 387 g/mol. The Labute approximate surface area is 161 Å². The van der Waals surface area contributed by atoms with Crippen LogP contribution in [0.15, 0.2) is 23.1 Å². The summed E-state index contributed by atoms with van der Waals surface area (Å²) in [5.74, 6) is 0.296. The van der Waals surface area contributed by atoms with Gasteiger partial charge in [-0.3, -0.25) is 0 Å². The maximum atomic E-state index is 12.5. The van der Waals surface area contributed by atoms with Gasteiger partial charge >= 0.3 is 0 Å². The second-order valence-corrected chi connectivity index (χ2v) is 7.81. The largest absolute Gasteiger partial charge is 0.489 e. The highest BCUT2D eigenvalue weighted by atomic mass is 35.5. The van der Waals surface area contributed by atoms with Gasteiger partial charge < -0.3 is 14.8 Å². The lowest BCUT2D eigenvalue weighted by atomic mass is 10.1. The average molecular weight is 413 g/mol. The van der Waals surface area contributed by atoms with Crippen molar-refractivity contribution >= 4 is 34.0 Å². The number of hydrogen-bond acceptors (Lipinski definition) is 5. The van der Waals surface area contributed by atoms with Gasteiger partial charge in [0.25, 0.3) is 0 Å². The van der Waals surface area contributed by atoms with E-state index < -0.39 is 10.0 Å². The Morgan fingerprint density at radius 2 is 2.12 bits per heavy atom. The maximum absolute atomic E-state index is 12.5. The summed E-state index contributed by atoms with van der Waals surface area (Å²) in [4.78, 5) is 0.0577. The monoisotopic (exact) mass is 412 g/mol. The lowest BCUT2D eigenvalue weighted by Crippen LogP contribution is -2.32. The van der Waals surface area contributed by atoms with Crippen LogP contribution in [-0.2, 0) is 14.8 Å². The maximum Gasteiger partial charge on any atom is 0.244 e. The van der Waals surface area contributed by atoms with Crippen molar-refractivity contribution in [3.05, 3.63) is 23.2 Å². The zero-order chi connectivity index (χ0) is 17.4. The molecule has 1 unspecified atom stereocenters. The third kappa shape index (κ3) is 7.29. The predicted molar refractivity (Wildman–Crippen MR) is 102 cm³/mol. The highest BCUT2D eigenvalue weighted by Gasteiger charge is 2.21. The zero-order valence-corrected chi connectivity index (χ0v) is 16.7. The zero-order valence-electron chi connectivity index (χ0n) is 14.3. The summed E-state index contributed by atoms with van der Waals surface area (Å²) in [6.45, 7) is 4.67. The fourth-order valence-electron chi connectivity index (χ4n) is 2.46. The van der Waals surface area contributed by atoms with E-state index >= 15 is 0 Å². The summed E-state index contributed by atoms with van der Waals surface area (Å²) in [5.41, 5.74) is 0. The molecule has 9 heteroatoms. The van der Waals surface area contributed by atoms with E-state index in [4.69, 9.17) is 21.1 Å². The molecule has 0 radical (unpaired) electrons. The molecule has 1 aliphatic heterocycles. The summed E-state index contributed by atoms with van der Waals surface area (Å²) in [5, 5.41) is 3.42. The van der Waals surface area contributed by atoms with Crippen molar-refractivity contribution in [1.29, 1.82) is 0 Å². The molecule has 144 valence electrons. The first kappa shape index (κ1) is 22.5. The van der Waals surface area contributed by atoms with E-state index in [-0.39, 0.29) is 23.4 Å². The van der Waals surface area contributed by atoms with Gasteiger partial charge in [-0.1, -0.05) is 18.5 Å². The third-order valence-corrected chi connectivity index (χ3v) is 5.46. The molecule has 1 aromatic rings. The summed E-state index contributed by atoms with van der Waals surface area (Å²) in [7, 11) is -3.69. The van der Waals surface area contributed by atoms with Crippen LogP contribution in [0.25, 0.3) is 0 Å². The molecule has 1 aromatic carbocycles. The standard InChI is InChI=1S/C16H25ClN2O4S.ClH/c1-2-18-8-9-19-24(20,21)16-11-13(17)6-7-15(16)23-12-14-5-3-4-10-22-14;/h6-7,11,14,18-19H,2-5,8-10,12H2,1H3;1H. The minimum Gasteiger partial charge on any atom is -0.489 e. The molecular formula is C16H26Cl2N2O4S. The van der Waals surface area contributed by atoms with E-state index in [1.54, 1.807) is 12.1 Å². The van der Waals surface area contributed by atoms with Crippen LogP contribution in [0.5, 0.6) is 5.75 Å². The van der Waals surface area contributed by atoms with Gasteiger partial charge in [0.05, 0.1) is 6.10 Å². The van der Waals surface area contributed by atoms with Crippen molar-refractivity contribution in [3.63, 3.8) is 0 Å². The molecule has 0 saturated carbocycles. The third-order valence-electron chi connectivity index (χ3n) is 3.74. The molecule has 1 saturated heterocycles. The quantitative estimate of drug-likeness (QED) is 0.609. The molecule has 2 N–H and O–H groups in total. The Balaban J connectivity index is 0.00000312. The molecule has 0 bridgehead atoms. The second kappa shape index (κ2) is 11.2. The summed E-state index contributed by atoms with van der Waals surface area (Å²) in [6, 6.07) is 4.62. The smallest absolute Gasteiger partial charge is 0.244 e. The molecule has 6 nitrogen and oxygen atoms in total. The number of benzene rings is 1. The van der Waals surface area contributed by atoms with Crippen molar-refractivity contribution in [3.8, 4) is 5.75 Å². The molecule has 0 amide bonds. The Bertz CT molecular complexity index is 623. The molecule has 1 heterocycles. The van der Waals surface area contributed by atoms with Crippen LogP contribution in [0.1, 0.15) is 26.2 Å². The molecule has 1 fully saturated rings. The predicted octanol–water partition coefficient (Wildman–Crippen LogP) is 2.60. The summed E-state index contributed by atoms with van der Waals surface area (Å²) in [6.07, 6.45) is 3.10. The van der Waals surface area contributed by atoms with Crippen molar-refractivity contribution in [2.45, 2.75) is 37.2 Å². The van der Waals surface area contributed by atoms with Gasteiger partial charge in [0.15, 0.2) is 0 Å². The highest BCUT2D eigenvalue weighted by molar-refractivity contribution is 7.89. The summed E-state index contributed by atoms with van der Waals surface area (Å²) < 4.78 is 38.9. The van der Waals surface area contributed by atoms with E-state index in [1.165, 1.54) is 6.07 Å². The van der Waals surface area contributed by atoms with Crippen LogP contribution in [0, 0.1) is 0 Å². The average Bonchev–Trinajstić information content (AvgIpc) is 2.58. The van der Waals surface area contributed by atoms with Crippen molar-refractivity contribution in [2.24, 2.45) is 0 Å². The molecule has 0 spiro atoms. The van der Waals surface area contributed by atoms with Gasteiger partial charge in [0, 0.05) is 24.7 Å². The number of hydrogen-bond donors (Lipinski definition) is 2. The van der Waals surface area contributed by atoms with Gasteiger partial charge in [-0.15, -0.1) is 12.4 Å². The first-order chi connectivity index (χ1) is 11.5. The number of likely N-dealkylation sites (N-methyl/N-ethyl adjacent to an activating group) is 1.